The third-order valence-electron chi connectivity index (χ3n) is 2.91. The van der Waals surface area contributed by atoms with Crippen LogP contribution in [-0.4, -0.2) is 44.4 Å². The van der Waals surface area contributed by atoms with Gasteiger partial charge in [0, 0.05) is 31.6 Å². The van der Waals surface area contributed by atoms with Gasteiger partial charge < -0.3 is 9.47 Å². The number of hydrogen-bond acceptors (Lipinski definition) is 4. The molecule has 1 unspecified atom stereocenters. The molecule has 1 aromatic heterocycles. The molecule has 2 rings (SSSR count). The molecule has 1 saturated heterocycles. The van der Waals surface area contributed by atoms with Crippen LogP contribution >= 0.6 is 11.3 Å². The van der Waals surface area contributed by atoms with E-state index in [4.69, 9.17) is 9.47 Å². The number of rotatable bonds is 4. The largest absolute Gasteiger partial charge is 0.382 e. The highest BCUT2D eigenvalue weighted by Crippen LogP contribution is 2.19. The molecule has 0 radical (unpaired) electrons. The Balaban J connectivity index is 1.88. The smallest absolute Gasteiger partial charge is 0.0935 e. The lowest BCUT2D eigenvalue weighted by Gasteiger charge is -2.32. The fourth-order valence-corrected chi connectivity index (χ4v) is 2.93. The first kappa shape index (κ1) is 12.0. The standard InChI is InChI=1S/C12H19NO2S/c1-10-3-6-16-12(10)8-13-4-5-15-11(7-13)9-14-2/h3,6,11H,4-5,7-9H2,1-2H3. The quantitative estimate of drug-likeness (QED) is 0.803. The second kappa shape index (κ2) is 5.77. The van der Waals surface area contributed by atoms with Crippen LogP contribution in [0.15, 0.2) is 11.4 Å². The highest BCUT2D eigenvalue weighted by molar-refractivity contribution is 7.10. The van der Waals surface area contributed by atoms with Gasteiger partial charge in [-0.1, -0.05) is 0 Å². The van der Waals surface area contributed by atoms with Crippen molar-refractivity contribution >= 4 is 11.3 Å². The Morgan fingerprint density at radius 3 is 3.19 bits per heavy atom. The van der Waals surface area contributed by atoms with Gasteiger partial charge in [-0.25, -0.2) is 0 Å². The second-order valence-corrected chi connectivity index (χ2v) is 5.21. The molecule has 4 heteroatoms. The topological polar surface area (TPSA) is 21.7 Å². The van der Waals surface area contributed by atoms with E-state index in [0.29, 0.717) is 6.61 Å². The highest BCUT2D eigenvalue weighted by Gasteiger charge is 2.20. The Kier molecular flexibility index (Phi) is 4.35. The molecule has 90 valence electrons. The first-order chi connectivity index (χ1) is 7.79. The number of aryl methyl sites for hydroxylation is 1. The van der Waals surface area contributed by atoms with Crippen LogP contribution in [-0.2, 0) is 16.0 Å². The van der Waals surface area contributed by atoms with Crippen LogP contribution in [0.1, 0.15) is 10.4 Å². The summed E-state index contributed by atoms with van der Waals surface area (Å²) in [7, 11) is 1.73. The van der Waals surface area contributed by atoms with Crippen LogP contribution in [0, 0.1) is 6.92 Å². The lowest BCUT2D eigenvalue weighted by molar-refractivity contribution is -0.0629. The number of ether oxygens (including phenoxy) is 2. The van der Waals surface area contributed by atoms with Gasteiger partial charge in [0.15, 0.2) is 0 Å². The maximum atomic E-state index is 5.63. The molecule has 1 aromatic rings. The molecule has 0 saturated carbocycles. The fourth-order valence-electron chi connectivity index (χ4n) is 1.98. The van der Waals surface area contributed by atoms with Gasteiger partial charge in [-0.15, -0.1) is 11.3 Å². The van der Waals surface area contributed by atoms with Gasteiger partial charge in [-0.2, -0.15) is 0 Å². The molecule has 1 atom stereocenters. The zero-order valence-electron chi connectivity index (χ0n) is 9.94. The normalized spacial score (nSPS) is 22.5. The van der Waals surface area contributed by atoms with Crippen LogP contribution < -0.4 is 0 Å². The van der Waals surface area contributed by atoms with Crippen LogP contribution in [0.4, 0.5) is 0 Å². The van der Waals surface area contributed by atoms with Gasteiger partial charge in [0.1, 0.15) is 0 Å². The summed E-state index contributed by atoms with van der Waals surface area (Å²) in [6.07, 6.45) is 0.235. The van der Waals surface area contributed by atoms with Crippen molar-refractivity contribution < 1.29 is 9.47 Å². The summed E-state index contributed by atoms with van der Waals surface area (Å²) in [4.78, 5) is 3.92. The van der Waals surface area contributed by atoms with Crippen molar-refractivity contribution in [1.29, 1.82) is 0 Å². The number of nitrogens with zero attached hydrogens (tertiary/aromatic N) is 1. The SMILES string of the molecule is COCC1CN(Cc2sccc2C)CCO1. The molecule has 0 N–H and O–H groups in total. The third-order valence-corrected chi connectivity index (χ3v) is 3.92. The van der Waals surface area contributed by atoms with E-state index in [1.807, 2.05) is 11.3 Å². The molecule has 3 nitrogen and oxygen atoms in total. The molecular weight excluding hydrogens is 222 g/mol. The Morgan fingerprint density at radius 1 is 1.62 bits per heavy atom. The van der Waals surface area contributed by atoms with Gasteiger partial charge >= 0.3 is 0 Å². The average molecular weight is 241 g/mol. The monoisotopic (exact) mass is 241 g/mol. The van der Waals surface area contributed by atoms with Crippen molar-refractivity contribution in [3.05, 3.63) is 21.9 Å². The summed E-state index contributed by atoms with van der Waals surface area (Å²) in [6.45, 7) is 6.74. The lowest BCUT2D eigenvalue weighted by Crippen LogP contribution is -2.43. The summed E-state index contributed by atoms with van der Waals surface area (Å²) in [5.41, 5.74) is 1.40. The predicted molar refractivity (Wildman–Crippen MR) is 65.9 cm³/mol. The van der Waals surface area contributed by atoms with E-state index in [-0.39, 0.29) is 6.10 Å². The number of thiophene rings is 1. The van der Waals surface area contributed by atoms with E-state index in [2.05, 4.69) is 23.3 Å². The van der Waals surface area contributed by atoms with Crippen LogP contribution in [0.25, 0.3) is 0 Å². The zero-order chi connectivity index (χ0) is 11.4. The van der Waals surface area contributed by atoms with Crippen LogP contribution in [0.3, 0.4) is 0 Å². The van der Waals surface area contributed by atoms with Crippen molar-refractivity contribution in [1.82, 2.24) is 4.90 Å². The first-order valence-corrected chi connectivity index (χ1v) is 6.53. The summed E-state index contributed by atoms with van der Waals surface area (Å²) >= 11 is 1.84. The van der Waals surface area contributed by atoms with Gasteiger partial charge in [0.2, 0.25) is 0 Å². The second-order valence-electron chi connectivity index (χ2n) is 4.21. The Bertz CT molecular complexity index is 325. The van der Waals surface area contributed by atoms with Crippen molar-refractivity contribution in [3.63, 3.8) is 0 Å². The van der Waals surface area contributed by atoms with Gasteiger partial charge in [-0.3, -0.25) is 4.90 Å². The van der Waals surface area contributed by atoms with Crippen molar-refractivity contribution in [2.24, 2.45) is 0 Å². The van der Waals surface area contributed by atoms with Gasteiger partial charge in [-0.05, 0) is 23.9 Å². The molecule has 0 bridgehead atoms. The molecule has 16 heavy (non-hydrogen) atoms. The Morgan fingerprint density at radius 2 is 2.50 bits per heavy atom. The molecular formula is C12H19NO2S. The minimum Gasteiger partial charge on any atom is -0.382 e. The van der Waals surface area contributed by atoms with Crippen LogP contribution in [0.5, 0.6) is 0 Å². The van der Waals surface area contributed by atoms with Gasteiger partial charge in [0.25, 0.3) is 0 Å². The maximum absolute atomic E-state index is 5.63. The molecule has 1 aliphatic rings. The summed E-state index contributed by atoms with van der Waals surface area (Å²) in [5.74, 6) is 0. The van der Waals surface area contributed by atoms with E-state index in [9.17, 15) is 0 Å². The van der Waals surface area contributed by atoms with Crippen LogP contribution in [0.2, 0.25) is 0 Å². The van der Waals surface area contributed by atoms with E-state index in [0.717, 1.165) is 26.2 Å². The van der Waals surface area contributed by atoms with Crippen molar-refractivity contribution in [3.8, 4) is 0 Å². The molecule has 0 spiro atoms. The minimum atomic E-state index is 0.235. The molecule has 1 fully saturated rings. The zero-order valence-corrected chi connectivity index (χ0v) is 10.8. The van der Waals surface area contributed by atoms with E-state index >= 15 is 0 Å². The summed E-state index contributed by atoms with van der Waals surface area (Å²) in [5, 5.41) is 2.16. The molecule has 1 aliphatic heterocycles. The van der Waals surface area contributed by atoms with Crippen molar-refractivity contribution in [2.75, 3.05) is 33.4 Å². The van der Waals surface area contributed by atoms with E-state index < -0.39 is 0 Å². The maximum Gasteiger partial charge on any atom is 0.0935 e. The average Bonchev–Trinajstić information content (AvgIpc) is 2.66. The summed E-state index contributed by atoms with van der Waals surface area (Å²) < 4.78 is 10.8. The van der Waals surface area contributed by atoms with E-state index in [1.165, 1.54) is 10.4 Å². The predicted octanol–water partition coefficient (Wildman–Crippen LogP) is 1.90. The number of methoxy groups -OCH3 is 1. The first-order valence-electron chi connectivity index (χ1n) is 5.65. The Labute approximate surface area is 101 Å². The number of hydrogen-bond donors (Lipinski definition) is 0. The van der Waals surface area contributed by atoms with E-state index in [1.54, 1.807) is 7.11 Å². The molecule has 0 aromatic carbocycles. The summed E-state index contributed by atoms with van der Waals surface area (Å²) in [6, 6.07) is 2.19. The molecule has 0 amide bonds. The lowest BCUT2D eigenvalue weighted by atomic mass is 10.2. The number of morpholine rings is 1. The molecule has 0 aliphatic carbocycles. The third kappa shape index (κ3) is 3.04. The van der Waals surface area contributed by atoms with Gasteiger partial charge in [0.05, 0.1) is 19.3 Å². The minimum absolute atomic E-state index is 0.235. The van der Waals surface area contributed by atoms with Crippen molar-refractivity contribution in [2.45, 2.75) is 19.6 Å². The molecule has 2 heterocycles. The highest BCUT2D eigenvalue weighted by atomic mass is 32.1. The Hall–Kier alpha value is -0.420. The fraction of sp³-hybridized carbons (Fsp3) is 0.667.